The summed E-state index contributed by atoms with van der Waals surface area (Å²) in [5, 5.41) is 6.09. The fourth-order valence-electron chi connectivity index (χ4n) is 2.17. The molecule has 126 valence electrons. The first kappa shape index (κ1) is 18.7. The van der Waals surface area contributed by atoms with Gasteiger partial charge in [-0.2, -0.15) is 0 Å². The second kappa shape index (κ2) is 8.98. The zero-order valence-corrected chi connectivity index (χ0v) is 16.0. The summed E-state index contributed by atoms with van der Waals surface area (Å²) >= 11 is 8.48. The number of hydrogen-bond acceptors (Lipinski definition) is 3. The van der Waals surface area contributed by atoms with Gasteiger partial charge in [0.05, 0.1) is 0 Å². The Morgan fingerprint density at radius 3 is 2.62 bits per heavy atom. The third-order valence-electron chi connectivity index (χ3n) is 3.33. The van der Waals surface area contributed by atoms with Gasteiger partial charge in [-0.25, -0.2) is 0 Å². The first-order valence-electron chi connectivity index (χ1n) is 7.37. The molecule has 2 amide bonds. The van der Waals surface area contributed by atoms with E-state index in [-0.39, 0.29) is 11.8 Å². The van der Waals surface area contributed by atoms with Crippen LogP contribution in [0, 0.1) is 3.57 Å². The molecule has 1 heterocycles. The molecule has 0 aliphatic heterocycles. The van der Waals surface area contributed by atoms with Crippen LogP contribution in [-0.2, 0) is 11.2 Å². The molecule has 24 heavy (non-hydrogen) atoms. The Balaban J connectivity index is 2.09. The summed E-state index contributed by atoms with van der Waals surface area (Å²) in [4.78, 5) is 27.3. The van der Waals surface area contributed by atoms with Gasteiger partial charge in [-0.15, -0.1) is 0 Å². The summed E-state index contributed by atoms with van der Waals surface area (Å²) < 4.78 is 1.06. The number of nitrogens with zero attached hydrogens (tertiary/aromatic N) is 1. The number of hydrogen-bond donors (Lipinski definition) is 2. The van der Waals surface area contributed by atoms with Crippen molar-refractivity contribution in [3.63, 3.8) is 0 Å². The molecule has 0 aliphatic carbocycles. The van der Waals surface area contributed by atoms with E-state index >= 15 is 0 Å². The molecule has 2 N–H and O–H groups in total. The maximum atomic E-state index is 12.4. The Bertz CT molecular complexity index is 752. The van der Waals surface area contributed by atoms with E-state index < -0.39 is 0 Å². The zero-order valence-electron chi connectivity index (χ0n) is 13.1. The smallest absolute Gasteiger partial charge is 0.251 e. The highest BCUT2D eigenvalue weighted by atomic mass is 127. The van der Waals surface area contributed by atoms with Crippen LogP contribution in [0.4, 0.5) is 0 Å². The zero-order chi connectivity index (χ0) is 17.5. The van der Waals surface area contributed by atoms with Crippen molar-refractivity contribution in [2.75, 3.05) is 13.1 Å². The van der Waals surface area contributed by atoms with E-state index in [0.717, 1.165) is 14.7 Å². The van der Waals surface area contributed by atoms with Gasteiger partial charge in [-0.3, -0.25) is 14.6 Å². The maximum absolute atomic E-state index is 12.4. The van der Waals surface area contributed by atoms with Crippen molar-refractivity contribution in [1.29, 1.82) is 0 Å². The van der Waals surface area contributed by atoms with Crippen LogP contribution in [-0.4, -0.2) is 29.9 Å². The summed E-state index contributed by atoms with van der Waals surface area (Å²) in [5.74, 6) is -0.318. The van der Waals surface area contributed by atoms with Crippen molar-refractivity contribution >= 4 is 46.0 Å². The number of rotatable bonds is 6. The molecule has 0 unspecified atom stereocenters. The highest BCUT2D eigenvalue weighted by Crippen LogP contribution is 2.23. The Hall–Kier alpha value is -1.67. The van der Waals surface area contributed by atoms with Crippen molar-refractivity contribution in [1.82, 2.24) is 15.6 Å². The quantitative estimate of drug-likeness (QED) is 0.518. The number of aromatic nitrogens is 1. The molecule has 0 spiro atoms. The third-order valence-corrected chi connectivity index (χ3v) is 4.35. The summed E-state index contributed by atoms with van der Waals surface area (Å²) in [7, 11) is 0. The van der Waals surface area contributed by atoms with Crippen LogP contribution in [0.15, 0.2) is 36.7 Å². The minimum Gasteiger partial charge on any atom is -0.355 e. The van der Waals surface area contributed by atoms with E-state index in [1.165, 1.54) is 6.92 Å². The fraction of sp³-hybridized carbons (Fsp3) is 0.235. The van der Waals surface area contributed by atoms with Crippen LogP contribution in [0.3, 0.4) is 0 Å². The van der Waals surface area contributed by atoms with Crippen LogP contribution in [0.25, 0.3) is 0 Å². The van der Waals surface area contributed by atoms with Crippen LogP contribution in [0.5, 0.6) is 0 Å². The number of pyridine rings is 1. The normalized spacial score (nSPS) is 10.3. The first-order chi connectivity index (χ1) is 11.5. The van der Waals surface area contributed by atoms with Crippen molar-refractivity contribution in [2.45, 2.75) is 13.3 Å². The van der Waals surface area contributed by atoms with Crippen molar-refractivity contribution in [2.24, 2.45) is 0 Å². The lowest BCUT2D eigenvalue weighted by atomic mass is 10.0. The van der Waals surface area contributed by atoms with E-state index in [9.17, 15) is 9.59 Å². The predicted octanol–water partition coefficient (Wildman–Crippen LogP) is 2.80. The number of benzene rings is 1. The van der Waals surface area contributed by atoms with Crippen LogP contribution in [0.1, 0.15) is 28.4 Å². The topological polar surface area (TPSA) is 71.1 Å². The molecule has 0 radical (unpaired) electrons. The maximum Gasteiger partial charge on any atom is 0.251 e. The molecule has 7 heteroatoms. The van der Waals surface area contributed by atoms with Gasteiger partial charge in [-0.05, 0) is 51.9 Å². The lowest BCUT2D eigenvalue weighted by Gasteiger charge is -2.11. The summed E-state index contributed by atoms with van der Waals surface area (Å²) in [6, 6.07) is 7.51. The van der Waals surface area contributed by atoms with Gasteiger partial charge < -0.3 is 10.6 Å². The molecule has 0 saturated heterocycles. The molecule has 0 aliphatic rings. The number of carbonyl (C=O) groups is 2. The molecule has 2 rings (SSSR count). The van der Waals surface area contributed by atoms with E-state index in [1.54, 1.807) is 18.5 Å². The van der Waals surface area contributed by atoms with Gasteiger partial charge in [-0.1, -0.05) is 17.7 Å². The molecular weight excluding hydrogens is 441 g/mol. The lowest BCUT2D eigenvalue weighted by molar-refractivity contribution is -0.118. The van der Waals surface area contributed by atoms with Crippen LogP contribution in [0.2, 0.25) is 5.02 Å². The second-order valence-electron chi connectivity index (χ2n) is 5.18. The van der Waals surface area contributed by atoms with Gasteiger partial charge >= 0.3 is 0 Å². The fourth-order valence-corrected chi connectivity index (χ4v) is 3.09. The second-order valence-corrected chi connectivity index (χ2v) is 6.84. The molecule has 2 aromatic rings. The minimum atomic E-state index is -0.195. The Labute approximate surface area is 159 Å². The third kappa shape index (κ3) is 5.45. The van der Waals surface area contributed by atoms with Gasteiger partial charge in [0.1, 0.15) is 0 Å². The molecule has 1 aromatic carbocycles. The summed E-state index contributed by atoms with van der Waals surface area (Å²) in [5.41, 5.74) is 2.30. The van der Waals surface area contributed by atoms with Gasteiger partial charge in [0.15, 0.2) is 0 Å². The summed E-state index contributed by atoms with van der Waals surface area (Å²) in [6.45, 7) is 2.20. The van der Waals surface area contributed by atoms with Crippen LogP contribution < -0.4 is 10.6 Å². The van der Waals surface area contributed by atoms with Crippen molar-refractivity contribution < 1.29 is 9.59 Å². The largest absolute Gasteiger partial charge is 0.355 e. The van der Waals surface area contributed by atoms with E-state index in [1.807, 2.05) is 18.2 Å². The van der Waals surface area contributed by atoms with Crippen molar-refractivity contribution in [3.05, 3.63) is 61.9 Å². The number of carbonyl (C=O) groups excluding carboxylic acids is 2. The van der Waals surface area contributed by atoms with Crippen molar-refractivity contribution in [3.8, 4) is 0 Å². The van der Waals surface area contributed by atoms with Gasteiger partial charge in [0.25, 0.3) is 5.91 Å². The molecule has 0 atom stereocenters. The molecule has 1 aromatic heterocycles. The standard InChI is InChI=1S/C17H17ClIN3O2/c1-11(23)21-6-7-22-17(24)15-4-5-20-10-13(15)8-12-2-3-14(19)9-16(12)18/h2-5,9-10H,6-8H2,1H3,(H,21,23)(H,22,24). The van der Waals surface area contributed by atoms with E-state index in [4.69, 9.17) is 11.6 Å². The Morgan fingerprint density at radius 2 is 1.92 bits per heavy atom. The Morgan fingerprint density at radius 1 is 1.17 bits per heavy atom. The number of halogens is 2. The highest BCUT2D eigenvalue weighted by molar-refractivity contribution is 14.1. The molecule has 5 nitrogen and oxygen atoms in total. The monoisotopic (exact) mass is 457 g/mol. The van der Waals surface area contributed by atoms with E-state index in [0.29, 0.717) is 30.1 Å². The Kier molecular flexibility index (Phi) is 6.99. The highest BCUT2D eigenvalue weighted by Gasteiger charge is 2.13. The SMILES string of the molecule is CC(=O)NCCNC(=O)c1ccncc1Cc1ccc(I)cc1Cl. The minimum absolute atomic E-state index is 0.123. The lowest BCUT2D eigenvalue weighted by Crippen LogP contribution is -2.34. The molecule has 0 bridgehead atoms. The number of nitrogens with one attached hydrogen (secondary N) is 2. The summed E-state index contributed by atoms with van der Waals surface area (Å²) in [6.07, 6.45) is 3.79. The molecule has 0 fully saturated rings. The number of amides is 2. The van der Waals surface area contributed by atoms with Crippen LogP contribution >= 0.6 is 34.2 Å². The van der Waals surface area contributed by atoms with Gasteiger partial charge in [0.2, 0.25) is 5.91 Å². The predicted molar refractivity (Wildman–Crippen MR) is 102 cm³/mol. The average molecular weight is 458 g/mol. The van der Waals surface area contributed by atoms with Gasteiger partial charge in [0, 0.05) is 53.0 Å². The molecular formula is C17H17ClIN3O2. The van der Waals surface area contributed by atoms with E-state index in [2.05, 4.69) is 38.2 Å². The first-order valence-corrected chi connectivity index (χ1v) is 8.82. The average Bonchev–Trinajstić information content (AvgIpc) is 2.54. The molecule has 0 saturated carbocycles.